The van der Waals surface area contributed by atoms with Crippen LogP contribution in [-0.2, 0) is 9.53 Å². The van der Waals surface area contributed by atoms with E-state index in [2.05, 4.69) is 0 Å². The Morgan fingerprint density at radius 2 is 2.23 bits per heavy atom. The number of carbonyl (C=O) groups is 1. The molecule has 0 spiro atoms. The topological polar surface area (TPSA) is 48.0 Å². The molecule has 6 heteroatoms. The van der Waals surface area contributed by atoms with Crippen LogP contribution >= 0.6 is 11.8 Å². The maximum Gasteiger partial charge on any atom is 0.246 e. The Hall–Kier alpha value is -1.66. The van der Waals surface area contributed by atoms with Crippen LogP contribution in [0.15, 0.2) is 24.3 Å². The van der Waals surface area contributed by atoms with Crippen LogP contribution < -0.4 is 9.47 Å². The number of methoxy groups -OCH3 is 2. The molecule has 2 fully saturated rings. The second-order valence-corrected chi connectivity index (χ2v) is 7.73. The van der Waals surface area contributed by atoms with Gasteiger partial charge in [-0.15, -0.1) is 0 Å². The summed E-state index contributed by atoms with van der Waals surface area (Å²) in [6.07, 6.45) is 6.81. The molecule has 26 heavy (non-hydrogen) atoms. The lowest BCUT2D eigenvalue weighted by Gasteiger charge is -2.29. The fourth-order valence-electron chi connectivity index (χ4n) is 3.42. The van der Waals surface area contributed by atoms with Gasteiger partial charge in [-0.2, -0.15) is 11.8 Å². The lowest BCUT2D eigenvalue weighted by molar-refractivity contribution is -0.129. The predicted octanol–water partition coefficient (Wildman–Crippen LogP) is 3.23. The number of hydrogen-bond donors (Lipinski definition) is 0. The summed E-state index contributed by atoms with van der Waals surface area (Å²) < 4.78 is 16.4. The second kappa shape index (κ2) is 9.33. The average molecular weight is 378 g/mol. The van der Waals surface area contributed by atoms with Gasteiger partial charge in [-0.25, -0.2) is 0 Å². The molecule has 1 amide bonds. The first-order valence-electron chi connectivity index (χ1n) is 9.11. The van der Waals surface area contributed by atoms with Gasteiger partial charge < -0.3 is 19.1 Å². The zero-order valence-corrected chi connectivity index (χ0v) is 16.3. The largest absolute Gasteiger partial charge is 0.497 e. The van der Waals surface area contributed by atoms with E-state index < -0.39 is 0 Å². The van der Waals surface area contributed by atoms with Crippen molar-refractivity contribution < 1.29 is 19.0 Å². The van der Waals surface area contributed by atoms with Gasteiger partial charge in [-0.3, -0.25) is 4.79 Å². The van der Waals surface area contributed by atoms with Gasteiger partial charge >= 0.3 is 0 Å². The van der Waals surface area contributed by atoms with Crippen molar-refractivity contribution in [1.82, 2.24) is 4.90 Å². The molecule has 0 bridgehead atoms. The summed E-state index contributed by atoms with van der Waals surface area (Å²) in [6.45, 7) is 1.49. The van der Waals surface area contributed by atoms with E-state index in [9.17, 15) is 4.79 Å². The zero-order chi connectivity index (χ0) is 18.4. The van der Waals surface area contributed by atoms with Crippen LogP contribution in [0.2, 0.25) is 0 Å². The highest BCUT2D eigenvalue weighted by molar-refractivity contribution is 7.99. The van der Waals surface area contributed by atoms with E-state index in [1.807, 2.05) is 40.9 Å². The van der Waals surface area contributed by atoms with Crippen molar-refractivity contribution in [3.8, 4) is 11.5 Å². The van der Waals surface area contributed by atoms with Crippen LogP contribution in [0.1, 0.15) is 24.8 Å². The predicted molar refractivity (Wildman–Crippen MR) is 105 cm³/mol. The highest BCUT2D eigenvalue weighted by Crippen LogP contribution is 2.27. The molecule has 1 aromatic carbocycles. The molecule has 2 atom stereocenters. The van der Waals surface area contributed by atoms with Gasteiger partial charge in [0.2, 0.25) is 5.91 Å². The molecule has 1 aromatic rings. The number of hydrogen-bond acceptors (Lipinski definition) is 5. The molecular weight excluding hydrogens is 350 g/mol. The van der Waals surface area contributed by atoms with Crippen molar-refractivity contribution in [3.63, 3.8) is 0 Å². The van der Waals surface area contributed by atoms with Gasteiger partial charge in [-0.05, 0) is 49.3 Å². The summed E-state index contributed by atoms with van der Waals surface area (Å²) >= 11 is 1.92. The first-order valence-corrected chi connectivity index (χ1v) is 10.3. The first-order chi connectivity index (χ1) is 12.7. The van der Waals surface area contributed by atoms with E-state index in [-0.39, 0.29) is 12.0 Å². The Kier molecular flexibility index (Phi) is 6.86. The lowest BCUT2D eigenvalue weighted by atomic mass is 10.1. The number of rotatable bonds is 7. The number of carbonyl (C=O) groups excluding carboxylic acids is 1. The summed E-state index contributed by atoms with van der Waals surface area (Å²) in [7, 11) is 3.25. The molecule has 2 unspecified atom stereocenters. The minimum absolute atomic E-state index is 0.0397. The zero-order valence-electron chi connectivity index (χ0n) is 15.5. The van der Waals surface area contributed by atoms with Gasteiger partial charge in [0.15, 0.2) is 0 Å². The maximum atomic E-state index is 12.9. The van der Waals surface area contributed by atoms with Crippen molar-refractivity contribution in [2.75, 3.05) is 38.9 Å². The van der Waals surface area contributed by atoms with Gasteiger partial charge in [0.05, 0.1) is 20.3 Å². The number of thioether (sulfide) groups is 1. The Labute approximate surface area is 159 Å². The van der Waals surface area contributed by atoms with E-state index in [1.165, 1.54) is 0 Å². The fourth-order valence-corrected chi connectivity index (χ4v) is 4.65. The monoisotopic (exact) mass is 377 g/mol. The first kappa shape index (κ1) is 19.1. The average Bonchev–Trinajstić information content (AvgIpc) is 3.37. The molecule has 0 radical (unpaired) electrons. The summed E-state index contributed by atoms with van der Waals surface area (Å²) in [5.74, 6) is 3.62. The molecule has 2 saturated heterocycles. The number of amides is 1. The molecule has 142 valence electrons. The van der Waals surface area contributed by atoms with Crippen LogP contribution in [0, 0.1) is 0 Å². The van der Waals surface area contributed by atoms with E-state index >= 15 is 0 Å². The maximum absolute atomic E-state index is 12.9. The fraction of sp³-hybridized carbons (Fsp3) is 0.550. The molecule has 0 N–H and O–H groups in total. The molecule has 2 heterocycles. The number of nitrogens with zero attached hydrogens (tertiary/aromatic N) is 1. The molecule has 2 aliphatic heterocycles. The lowest BCUT2D eigenvalue weighted by Crippen LogP contribution is -2.44. The van der Waals surface area contributed by atoms with Gasteiger partial charge in [0, 0.05) is 36.6 Å². The Morgan fingerprint density at radius 1 is 1.35 bits per heavy atom. The number of ether oxygens (including phenoxy) is 3. The van der Waals surface area contributed by atoms with Crippen molar-refractivity contribution >= 4 is 23.7 Å². The quantitative estimate of drug-likeness (QED) is 0.683. The Balaban J connectivity index is 1.74. The van der Waals surface area contributed by atoms with Gasteiger partial charge in [-0.1, -0.05) is 0 Å². The molecular formula is C20H27NO4S. The molecule has 0 aromatic heterocycles. The normalized spacial score (nSPS) is 22.7. The molecule has 0 aliphatic carbocycles. The van der Waals surface area contributed by atoms with E-state index in [0.717, 1.165) is 54.4 Å². The van der Waals surface area contributed by atoms with E-state index in [1.54, 1.807) is 20.3 Å². The summed E-state index contributed by atoms with van der Waals surface area (Å²) in [6, 6.07) is 5.87. The van der Waals surface area contributed by atoms with E-state index in [4.69, 9.17) is 14.2 Å². The van der Waals surface area contributed by atoms with Crippen molar-refractivity contribution in [3.05, 3.63) is 29.8 Å². The Bertz CT molecular complexity index is 637. The molecule has 3 rings (SSSR count). The smallest absolute Gasteiger partial charge is 0.246 e. The van der Waals surface area contributed by atoms with Crippen LogP contribution in [-0.4, -0.2) is 61.8 Å². The van der Waals surface area contributed by atoms with Crippen LogP contribution in [0.4, 0.5) is 0 Å². The van der Waals surface area contributed by atoms with Crippen molar-refractivity contribution in [2.45, 2.75) is 31.4 Å². The molecule has 5 nitrogen and oxygen atoms in total. The minimum Gasteiger partial charge on any atom is -0.497 e. The third kappa shape index (κ3) is 4.74. The van der Waals surface area contributed by atoms with Crippen molar-refractivity contribution in [2.24, 2.45) is 0 Å². The summed E-state index contributed by atoms with van der Waals surface area (Å²) in [5, 5.41) is 0. The van der Waals surface area contributed by atoms with Gasteiger partial charge in [0.1, 0.15) is 11.5 Å². The SMILES string of the molecule is COc1ccc(OC)c(/C=C/C(=O)N(CC2CCCO2)C2CCSC2)c1. The van der Waals surface area contributed by atoms with Crippen LogP contribution in [0.5, 0.6) is 11.5 Å². The van der Waals surface area contributed by atoms with Crippen LogP contribution in [0.3, 0.4) is 0 Å². The minimum atomic E-state index is 0.0397. The highest BCUT2D eigenvalue weighted by Gasteiger charge is 2.29. The standard InChI is InChI=1S/C20H27NO4S/c1-23-17-6-7-19(24-2)15(12-17)5-8-20(22)21(16-9-11-26-14-16)13-18-4-3-10-25-18/h5-8,12,16,18H,3-4,9-11,13-14H2,1-2H3/b8-5+. The van der Waals surface area contributed by atoms with E-state index in [0.29, 0.717) is 12.6 Å². The molecule has 0 saturated carbocycles. The summed E-state index contributed by atoms with van der Waals surface area (Å²) in [5.41, 5.74) is 0.832. The molecule has 2 aliphatic rings. The van der Waals surface area contributed by atoms with Crippen LogP contribution in [0.25, 0.3) is 6.08 Å². The Morgan fingerprint density at radius 3 is 2.88 bits per heavy atom. The summed E-state index contributed by atoms with van der Waals surface area (Å²) in [4.78, 5) is 14.9. The van der Waals surface area contributed by atoms with Crippen molar-refractivity contribution in [1.29, 1.82) is 0 Å². The third-order valence-corrected chi connectivity index (χ3v) is 6.04. The second-order valence-electron chi connectivity index (χ2n) is 6.58. The third-order valence-electron chi connectivity index (χ3n) is 4.90. The van der Waals surface area contributed by atoms with Gasteiger partial charge in [0.25, 0.3) is 0 Å². The highest BCUT2D eigenvalue weighted by atomic mass is 32.2. The number of benzene rings is 1.